The molecule has 1 aromatic carbocycles. The number of carbonyl (C=O) groups excluding carboxylic acids is 2. The Balaban J connectivity index is 1.72. The van der Waals surface area contributed by atoms with Gasteiger partial charge in [0.2, 0.25) is 5.91 Å². The minimum Gasteiger partial charge on any atom is -0.462 e. The predicted molar refractivity (Wildman–Crippen MR) is 107 cm³/mol. The molecule has 1 amide bonds. The van der Waals surface area contributed by atoms with Crippen LogP contribution in [0.3, 0.4) is 0 Å². The maximum absolute atomic E-state index is 12.4. The first kappa shape index (κ1) is 19.1. The maximum atomic E-state index is 12.4. The van der Waals surface area contributed by atoms with E-state index in [-0.39, 0.29) is 12.5 Å². The van der Waals surface area contributed by atoms with E-state index in [2.05, 4.69) is 36.3 Å². The molecule has 2 aromatic heterocycles. The first-order valence-corrected chi connectivity index (χ1v) is 9.74. The largest absolute Gasteiger partial charge is 0.462 e. The second kappa shape index (κ2) is 7.92. The van der Waals surface area contributed by atoms with Gasteiger partial charge in [-0.2, -0.15) is 0 Å². The Morgan fingerprint density at radius 1 is 1.30 bits per heavy atom. The van der Waals surface area contributed by atoms with Gasteiger partial charge in [-0.3, -0.25) is 4.79 Å². The highest BCUT2D eigenvalue weighted by Gasteiger charge is 2.18. The summed E-state index contributed by atoms with van der Waals surface area (Å²) in [6.07, 6.45) is 1.91. The lowest BCUT2D eigenvalue weighted by Gasteiger charge is -2.08. The zero-order chi connectivity index (χ0) is 19.6. The van der Waals surface area contributed by atoms with Crippen molar-refractivity contribution >= 4 is 39.2 Å². The van der Waals surface area contributed by atoms with Crippen LogP contribution in [0.25, 0.3) is 10.9 Å². The van der Waals surface area contributed by atoms with Gasteiger partial charge in [-0.05, 0) is 48.9 Å². The van der Waals surface area contributed by atoms with E-state index in [4.69, 9.17) is 4.74 Å². The Labute approximate surface area is 162 Å². The van der Waals surface area contributed by atoms with Gasteiger partial charge in [-0.1, -0.05) is 31.3 Å². The molecule has 0 saturated carbocycles. The summed E-state index contributed by atoms with van der Waals surface area (Å²) in [5, 5.41) is 4.29. The molecule has 3 aromatic rings. The highest BCUT2D eigenvalue weighted by Crippen LogP contribution is 2.24. The third kappa shape index (κ3) is 4.19. The molecule has 1 N–H and O–H groups in total. The van der Waals surface area contributed by atoms with Gasteiger partial charge in [0.25, 0.3) is 0 Å². The van der Waals surface area contributed by atoms with Crippen molar-refractivity contribution in [3.63, 3.8) is 0 Å². The maximum Gasteiger partial charge on any atom is 0.350 e. The number of aryl methyl sites for hydroxylation is 1. The number of hydrogen-bond acceptors (Lipinski definition) is 5. The highest BCUT2D eigenvalue weighted by molar-refractivity contribution is 7.17. The summed E-state index contributed by atoms with van der Waals surface area (Å²) in [6.45, 7) is 8.28. The van der Waals surface area contributed by atoms with Crippen molar-refractivity contribution in [2.24, 2.45) is 0 Å². The molecule has 2 heterocycles. The van der Waals surface area contributed by atoms with Crippen LogP contribution in [-0.2, 0) is 16.1 Å². The average Bonchev–Trinajstić information content (AvgIpc) is 3.18. The van der Waals surface area contributed by atoms with Gasteiger partial charge in [0.1, 0.15) is 11.4 Å². The van der Waals surface area contributed by atoms with Gasteiger partial charge in [0.05, 0.1) is 12.3 Å². The van der Waals surface area contributed by atoms with Gasteiger partial charge >= 0.3 is 5.97 Å². The normalized spacial score (nSPS) is 11.1. The van der Waals surface area contributed by atoms with Crippen LogP contribution in [0.5, 0.6) is 0 Å². The monoisotopic (exact) mass is 385 g/mol. The molecule has 0 bridgehead atoms. The van der Waals surface area contributed by atoms with Gasteiger partial charge in [0, 0.05) is 11.7 Å². The van der Waals surface area contributed by atoms with Crippen LogP contribution in [0.2, 0.25) is 0 Å². The second-order valence-corrected chi connectivity index (χ2v) is 7.62. The molecule has 0 unspecified atom stereocenters. The topological polar surface area (TPSA) is 73.2 Å². The molecule has 0 atom stereocenters. The van der Waals surface area contributed by atoms with Gasteiger partial charge in [0.15, 0.2) is 5.13 Å². The minimum atomic E-state index is -0.412. The summed E-state index contributed by atoms with van der Waals surface area (Å²) in [5.41, 5.74) is 2.84. The third-order valence-electron chi connectivity index (χ3n) is 4.28. The van der Waals surface area contributed by atoms with Crippen molar-refractivity contribution in [2.45, 2.75) is 40.2 Å². The number of amides is 1. The SMILES string of the molecule is CCOC(=O)c1sc(NC(=O)Cn2ccc3cc(C(C)C)ccc32)nc1C. The molecule has 0 saturated heterocycles. The standard InChI is InChI=1S/C20H23N3O3S/c1-5-26-19(25)18-13(4)21-20(27-18)22-17(24)11-23-9-8-15-10-14(12(2)3)6-7-16(15)23/h6-10,12H,5,11H2,1-4H3,(H,21,22,24). The number of fused-ring (bicyclic) bond motifs is 1. The van der Waals surface area contributed by atoms with Crippen LogP contribution in [0, 0.1) is 6.92 Å². The van der Waals surface area contributed by atoms with E-state index in [0.29, 0.717) is 28.2 Å². The van der Waals surface area contributed by atoms with E-state index in [1.165, 1.54) is 5.56 Å². The molecule has 142 valence electrons. The molecule has 0 aliphatic carbocycles. The van der Waals surface area contributed by atoms with Gasteiger partial charge < -0.3 is 14.6 Å². The summed E-state index contributed by atoms with van der Waals surface area (Å²) in [5.74, 6) is -0.141. The molecule has 0 spiro atoms. The fourth-order valence-electron chi connectivity index (χ4n) is 2.87. The number of rotatable bonds is 6. The zero-order valence-corrected chi connectivity index (χ0v) is 16.7. The lowest BCUT2D eigenvalue weighted by Crippen LogP contribution is -2.18. The Morgan fingerprint density at radius 3 is 2.78 bits per heavy atom. The smallest absolute Gasteiger partial charge is 0.350 e. The molecular formula is C20H23N3O3S. The first-order chi connectivity index (χ1) is 12.9. The molecule has 27 heavy (non-hydrogen) atoms. The summed E-state index contributed by atoms with van der Waals surface area (Å²) < 4.78 is 6.91. The van der Waals surface area contributed by atoms with Crippen LogP contribution >= 0.6 is 11.3 Å². The number of nitrogens with one attached hydrogen (secondary N) is 1. The average molecular weight is 385 g/mol. The third-order valence-corrected chi connectivity index (χ3v) is 5.33. The first-order valence-electron chi connectivity index (χ1n) is 8.92. The van der Waals surface area contributed by atoms with Gasteiger partial charge in [-0.15, -0.1) is 0 Å². The summed E-state index contributed by atoms with van der Waals surface area (Å²) in [7, 11) is 0. The molecule has 0 fully saturated rings. The van der Waals surface area contributed by atoms with Crippen LogP contribution < -0.4 is 5.32 Å². The summed E-state index contributed by atoms with van der Waals surface area (Å²) in [4.78, 5) is 29.0. The van der Waals surface area contributed by atoms with Crippen molar-refractivity contribution in [3.05, 3.63) is 46.6 Å². The number of carbonyl (C=O) groups is 2. The van der Waals surface area contributed by atoms with E-state index < -0.39 is 5.97 Å². The molecular weight excluding hydrogens is 362 g/mol. The number of thiazole rings is 1. The number of hydrogen-bond donors (Lipinski definition) is 1. The van der Waals surface area contributed by atoms with Crippen molar-refractivity contribution in [1.82, 2.24) is 9.55 Å². The second-order valence-electron chi connectivity index (χ2n) is 6.62. The van der Waals surface area contributed by atoms with Gasteiger partial charge in [-0.25, -0.2) is 9.78 Å². The van der Waals surface area contributed by atoms with Crippen LogP contribution in [0.15, 0.2) is 30.5 Å². The van der Waals surface area contributed by atoms with E-state index >= 15 is 0 Å². The Bertz CT molecular complexity index is 988. The highest BCUT2D eigenvalue weighted by atomic mass is 32.1. The van der Waals surface area contributed by atoms with E-state index in [1.807, 2.05) is 22.9 Å². The molecule has 0 radical (unpaired) electrons. The molecule has 7 heteroatoms. The summed E-state index contributed by atoms with van der Waals surface area (Å²) in [6, 6.07) is 8.31. The minimum absolute atomic E-state index is 0.178. The number of aromatic nitrogens is 2. The number of benzene rings is 1. The van der Waals surface area contributed by atoms with Crippen molar-refractivity contribution < 1.29 is 14.3 Å². The molecule has 3 rings (SSSR count). The Kier molecular flexibility index (Phi) is 5.60. The zero-order valence-electron chi connectivity index (χ0n) is 15.9. The van der Waals surface area contributed by atoms with Crippen molar-refractivity contribution in [1.29, 1.82) is 0 Å². The fourth-order valence-corrected chi connectivity index (χ4v) is 3.74. The Morgan fingerprint density at radius 2 is 2.07 bits per heavy atom. The number of esters is 1. The van der Waals surface area contributed by atoms with Crippen molar-refractivity contribution in [3.8, 4) is 0 Å². The fraction of sp³-hybridized carbons (Fsp3) is 0.350. The molecule has 0 aliphatic rings. The van der Waals surface area contributed by atoms with E-state index in [1.54, 1.807) is 13.8 Å². The van der Waals surface area contributed by atoms with Crippen LogP contribution in [-0.4, -0.2) is 28.0 Å². The lowest BCUT2D eigenvalue weighted by molar-refractivity contribution is -0.116. The predicted octanol–water partition coefficient (Wildman–Crippen LogP) is 4.35. The lowest BCUT2D eigenvalue weighted by atomic mass is 10.0. The summed E-state index contributed by atoms with van der Waals surface area (Å²) >= 11 is 1.13. The van der Waals surface area contributed by atoms with Crippen LogP contribution in [0.1, 0.15) is 47.6 Å². The number of ether oxygens (including phenoxy) is 1. The Hall–Kier alpha value is -2.67. The molecule has 6 nitrogen and oxygen atoms in total. The van der Waals surface area contributed by atoms with Crippen molar-refractivity contribution in [2.75, 3.05) is 11.9 Å². The molecule has 0 aliphatic heterocycles. The van der Waals surface area contributed by atoms with Crippen LogP contribution in [0.4, 0.5) is 5.13 Å². The number of anilines is 1. The van der Waals surface area contributed by atoms with E-state index in [0.717, 1.165) is 22.2 Å². The van der Waals surface area contributed by atoms with E-state index in [9.17, 15) is 9.59 Å². The number of nitrogens with zero attached hydrogens (tertiary/aromatic N) is 2. The quantitative estimate of drug-likeness (QED) is 0.641.